The Labute approximate surface area is 71.8 Å². The molecule has 1 aliphatic rings. The smallest absolute Gasteiger partial charge is 0.103 e. The molecule has 1 saturated heterocycles. The predicted molar refractivity (Wildman–Crippen MR) is 44.6 cm³/mol. The molecule has 0 aliphatic carbocycles. The van der Waals surface area contributed by atoms with E-state index in [1.54, 1.807) is 6.08 Å². The lowest BCUT2D eigenvalue weighted by molar-refractivity contribution is 0.00354. The van der Waals surface area contributed by atoms with E-state index < -0.39 is 0 Å². The predicted octanol–water partition coefficient (Wildman–Crippen LogP) is 1.67. The van der Waals surface area contributed by atoms with E-state index in [9.17, 15) is 5.11 Å². The minimum absolute atomic E-state index is 0.199. The van der Waals surface area contributed by atoms with E-state index in [0.717, 1.165) is 25.9 Å². The molecule has 2 unspecified atom stereocenters. The summed E-state index contributed by atoms with van der Waals surface area (Å²) >= 11 is 5.38. The lowest BCUT2D eigenvalue weighted by Crippen LogP contribution is -2.24. The number of aliphatic hydroxyl groups is 1. The summed E-state index contributed by atoms with van der Waals surface area (Å²) < 4.78 is 5.33. The number of hydrogen-bond acceptors (Lipinski definition) is 2. The Morgan fingerprint density at radius 3 is 3.00 bits per heavy atom. The van der Waals surface area contributed by atoms with Gasteiger partial charge in [0.05, 0.1) is 6.10 Å². The van der Waals surface area contributed by atoms with Gasteiger partial charge in [0.1, 0.15) is 6.10 Å². The van der Waals surface area contributed by atoms with Crippen LogP contribution < -0.4 is 0 Å². The molecule has 2 nitrogen and oxygen atoms in total. The van der Waals surface area contributed by atoms with Gasteiger partial charge in [-0.25, -0.2) is 0 Å². The van der Waals surface area contributed by atoms with Crippen LogP contribution in [-0.2, 0) is 4.74 Å². The Morgan fingerprint density at radius 2 is 2.27 bits per heavy atom. The van der Waals surface area contributed by atoms with Gasteiger partial charge in [0.15, 0.2) is 0 Å². The zero-order chi connectivity index (χ0) is 8.10. The van der Waals surface area contributed by atoms with E-state index in [-0.39, 0.29) is 12.2 Å². The topological polar surface area (TPSA) is 29.5 Å². The fraction of sp³-hybridized carbons (Fsp3) is 0.750. The molecule has 64 valence electrons. The second kappa shape index (κ2) is 4.75. The summed E-state index contributed by atoms with van der Waals surface area (Å²) in [5.74, 6) is 0. The molecule has 1 heterocycles. The van der Waals surface area contributed by atoms with Gasteiger partial charge in [0.25, 0.3) is 0 Å². The summed E-state index contributed by atoms with van der Waals surface area (Å²) in [5.41, 5.74) is 1.40. The maximum Gasteiger partial charge on any atom is 0.103 e. The van der Waals surface area contributed by atoms with Crippen LogP contribution in [0.5, 0.6) is 0 Å². The van der Waals surface area contributed by atoms with Crippen LogP contribution in [0.25, 0.3) is 0 Å². The van der Waals surface area contributed by atoms with E-state index in [1.807, 2.05) is 0 Å². The van der Waals surface area contributed by atoms with E-state index in [2.05, 4.69) is 0 Å². The molecule has 0 aromatic heterocycles. The number of rotatable bonds is 1. The molecule has 11 heavy (non-hydrogen) atoms. The number of ether oxygens (including phenoxy) is 1. The maximum atomic E-state index is 9.45. The SMILES string of the molecule is OC1CCCCOC1/C=C/Cl. The van der Waals surface area contributed by atoms with Gasteiger partial charge in [-0.3, -0.25) is 0 Å². The standard InChI is InChI=1S/C8H13ClO2/c9-5-4-8-7(10)3-1-2-6-11-8/h4-5,7-8,10H,1-3,6H2/b5-4+. The Balaban J connectivity index is 2.45. The molecule has 0 radical (unpaired) electrons. The van der Waals surface area contributed by atoms with Crippen molar-refractivity contribution in [1.29, 1.82) is 0 Å². The third kappa shape index (κ3) is 2.81. The first-order valence-corrected chi connectivity index (χ1v) is 4.35. The average Bonchev–Trinajstić information content (AvgIpc) is 2.18. The van der Waals surface area contributed by atoms with Crippen molar-refractivity contribution in [2.45, 2.75) is 31.5 Å². The second-order valence-electron chi connectivity index (χ2n) is 2.72. The maximum absolute atomic E-state index is 9.45. The lowest BCUT2D eigenvalue weighted by atomic mass is 10.1. The molecule has 1 aliphatic heterocycles. The molecule has 1 rings (SSSR count). The highest BCUT2D eigenvalue weighted by molar-refractivity contribution is 6.25. The van der Waals surface area contributed by atoms with Gasteiger partial charge in [-0.2, -0.15) is 0 Å². The first kappa shape index (κ1) is 9.04. The summed E-state index contributed by atoms with van der Waals surface area (Å²) in [6.45, 7) is 0.725. The van der Waals surface area contributed by atoms with Crippen molar-refractivity contribution in [3.8, 4) is 0 Å². The van der Waals surface area contributed by atoms with Gasteiger partial charge in [-0.05, 0) is 25.3 Å². The molecule has 1 fully saturated rings. The summed E-state index contributed by atoms with van der Waals surface area (Å²) in [6, 6.07) is 0. The third-order valence-corrected chi connectivity index (χ3v) is 1.99. The first-order valence-electron chi connectivity index (χ1n) is 3.91. The highest BCUT2D eigenvalue weighted by atomic mass is 35.5. The van der Waals surface area contributed by atoms with Crippen LogP contribution in [0.1, 0.15) is 19.3 Å². The highest BCUT2D eigenvalue weighted by Gasteiger charge is 2.19. The largest absolute Gasteiger partial charge is 0.390 e. The van der Waals surface area contributed by atoms with Gasteiger partial charge in [0.2, 0.25) is 0 Å². The zero-order valence-corrected chi connectivity index (χ0v) is 7.13. The fourth-order valence-electron chi connectivity index (χ4n) is 1.21. The van der Waals surface area contributed by atoms with Crippen LogP contribution in [0.3, 0.4) is 0 Å². The van der Waals surface area contributed by atoms with E-state index in [1.165, 1.54) is 5.54 Å². The number of aliphatic hydroxyl groups excluding tert-OH is 1. The monoisotopic (exact) mass is 176 g/mol. The van der Waals surface area contributed by atoms with Crippen molar-refractivity contribution in [1.82, 2.24) is 0 Å². The Morgan fingerprint density at radius 1 is 1.45 bits per heavy atom. The summed E-state index contributed by atoms with van der Waals surface area (Å²) in [4.78, 5) is 0. The summed E-state index contributed by atoms with van der Waals surface area (Å²) in [7, 11) is 0. The van der Waals surface area contributed by atoms with E-state index in [4.69, 9.17) is 16.3 Å². The van der Waals surface area contributed by atoms with Crippen molar-refractivity contribution in [2.75, 3.05) is 6.61 Å². The molecule has 0 saturated carbocycles. The molecule has 0 aromatic rings. The number of halogens is 1. The Bertz CT molecular complexity index is 136. The summed E-state index contributed by atoms with van der Waals surface area (Å²) in [6.07, 6.45) is 3.99. The van der Waals surface area contributed by atoms with Crippen LogP contribution in [0.2, 0.25) is 0 Å². The van der Waals surface area contributed by atoms with Crippen molar-refractivity contribution in [3.05, 3.63) is 11.6 Å². The molecular formula is C8H13ClO2. The van der Waals surface area contributed by atoms with Gasteiger partial charge >= 0.3 is 0 Å². The first-order chi connectivity index (χ1) is 5.34. The molecule has 3 heteroatoms. The van der Waals surface area contributed by atoms with Crippen LogP contribution in [0.15, 0.2) is 11.6 Å². The Hall–Kier alpha value is -0.0500. The van der Waals surface area contributed by atoms with Crippen LogP contribution in [0.4, 0.5) is 0 Å². The molecule has 0 bridgehead atoms. The average molecular weight is 177 g/mol. The molecule has 0 amide bonds. The van der Waals surface area contributed by atoms with Crippen molar-refractivity contribution in [2.24, 2.45) is 0 Å². The van der Waals surface area contributed by atoms with Gasteiger partial charge in [-0.15, -0.1) is 0 Å². The lowest BCUT2D eigenvalue weighted by Gasteiger charge is -2.15. The number of hydrogen-bond donors (Lipinski definition) is 1. The Kier molecular flexibility index (Phi) is 3.91. The van der Waals surface area contributed by atoms with Gasteiger partial charge in [0, 0.05) is 12.1 Å². The van der Waals surface area contributed by atoms with E-state index in [0.29, 0.717) is 0 Å². The molecule has 2 atom stereocenters. The van der Waals surface area contributed by atoms with Crippen LogP contribution >= 0.6 is 11.6 Å². The quantitative estimate of drug-likeness (QED) is 0.659. The zero-order valence-electron chi connectivity index (χ0n) is 6.37. The molecule has 0 aromatic carbocycles. The minimum atomic E-state index is -0.382. The minimum Gasteiger partial charge on any atom is -0.390 e. The fourth-order valence-corrected chi connectivity index (χ4v) is 1.35. The molecule has 1 N–H and O–H groups in total. The van der Waals surface area contributed by atoms with Crippen molar-refractivity contribution >= 4 is 11.6 Å². The highest BCUT2D eigenvalue weighted by Crippen LogP contribution is 2.14. The van der Waals surface area contributed by atoms with Crippen molar-refractivity contribution < 1.29 is 9.84 Å². The molecule has 0 spiro atoms. The van der Waals surface area contributed by atoms with Crippen LogP contribution in [-0.4, -0.2) is 23.9 Å². The third-order valence-electron chi connectivity index (χ3n) is 1.85. The van der Waals surface area contributed by atoms with Crippen molar-refractivity contribution in [3.63, 3.8) is 0 Å². The normalized spacial score (nSPS) is 34.0. The van der Waals surface area contributed by atoms with E-state index >= 15 is 0 Å². The van der Waals surface area contributed by atoms with Gasteiger partial charge in [-0.1, -0.05) is 11.6 Å². The summed E-state index contributed by atoms with van der Waals surface area (Å²) in [5, 5.41) is 9.45. The van der Waals surface area contributed by atoms with Gasteiger partial charge < -0.3 is 9.84 Å². The second-order valence-corrected chi connectivity index (χ2v) is 2.97. The van der Waals surface area contributed by atoms with Crippen LogP contribution in [0, 0.1) is 0 Å². The molecular weight excluding hydrogens is 164 g/mol.